The minimum absolute atomic E-state index is 0.0254. The highest BCUT2D eigenvalue weighted by Gasteiger charge is 2.12. The van der Waals surface area contributed by atoms with Crippen LogP contribution in [0, 0.1) is 5.41 Å². The zero-order valence-corrected chi connectivity index (χ0v) is 9.65. The van der Waals surface area contributed by atoms with Gasteiger partial charge in [-0.15, -0.1) is 0 Å². The first-order chi connectivity index (χ1) is 8.36. The summed E-state index contributed by atoms with van der Waals surface area (Å²) in [6, 6.07) is 11.6. The molecular formula is C12H9N3OS. The Morgan fingerprint density at radius 1 is 1.18 bits per heavy atom. The van der Waals surface area contributed by atoms with Crippen molar-refractivity contribution in [1.29, 1.82) is 5.41 Å². The second-order valence-corrected chi connectivity index (χ2v) is 4.27. The van der Waals surface area contributed by atoms with Gasteiger partial charge in [0.25, 0.3) is 0 Å². The van der Waals surface area contributed by atoms with Gasteiger partial charge in [0.1, 0.15) is 0 Å². The lowest BCUT2D eigenvalue weighted by atomic mass is 10.3. The molecule has 0 aliphatic rings. The number of nitrogens with one attached hydrogen (secondary N) is 1. The van der Waals surface area contributed by atoms with Crippen molar-refractivity contribution in [3.63, 3.8) is 0 Å². The van der Waals surface area contributed by atoms with Gasteiger partial charge >= 0.3 is 5.68 Å². The molecule has 4 nitrogen and oxygen atoms in total. The van der Waals surface area contributed by atoms with Crippen molar-refractivity contribution in [2.24, 2.45) is 0 Å². The van der Waals surface area contributed by atoms with E-state index in [0.29, 0.717) is 5.82 Å². The van der Waals surface area contributed by atoms with Crippen molar-refractivity contribution in [1.82, 2.24) is 9.72 Å². The van der Waals surface area contributed by atoms with Crippen LogP contribution in [0.5, 0.6) is 0 Å². The summed E-state index contributed by atoms with van der Waals surface area (Å²) in [4.78, 5) is 0. The molecule has 3 aromatic rings. The van der Waals surface area contributed by atoms with E-state index in [4.69, 9.17) is 9.93 Å². The van der Waals surface area contributed by atoms with E-state index in [-0.39, 0.29) is 5.68 Å². The molecule has 0 spiro atoms. The lowest BCUT2D eigenvalue weighted by molar-refractivity contribution is 0.365. The third-order valence-electron chi connectivity index (χ3n) is 2.43. The Labute approximate surface area is 101 Å². The van der Waals surface area contributed by atoms with Crippen molar-refractivity contribution in [3.05, 3.63) is 52.8 Å². The van der Waals surface area contributed by atoms with E-state index >= 15 is 0 Å². The number of rotatable bonds is 2. The maximum absolute atomic E-state index is 7.77. The molecule has 3 rings (SSSR count). The number of hydrogen-bond donors (Lipinski definition) is 1. The second kappa shape index (κ2) is 4.03. The normalized spacial score (nSPS) is 10.6. The molecule has 1 N–H and O–H groups in total. The van der Waals surface area contributed by atoms with E-state index in [9.17, 15) is 0 Å². The zero-order chi connectivity index (χ0) is 11.7. The Hall–Kier alpha value is -2.14. The predicted octanol–water partition coefficient (Wildman–Crippen LogP) is 2.67. The van der Waals surface area contributed by atoms with Gasteiger partial charge in [0.2, 0.25) is 0 Å². The number of para-hydroxylation sites is 1. The van der Waals surface area contributed by atoms with Crippen LogP contribution >= 0.6 is 11.3 Å². The van der Waals surface area contributed by atoms with E-state index in [1.54, 1.807) is 15.9 Å². The van der Waals surface area contributed by atoms with E-state index < -0.39 is 0 Å². The van der Waals surface area contributed by atoms with Crippen LogP contribution in [0.4, 0.5) is 0 Å². The average Bonchev–Trinajstić information content (AvgIpc) is 2.98. The van der Waals surface area contributed by atoms with Crippen molar-refractivity contribution < 1.29 is 4.52 Å². The highest BCUT2D eigenvalue weighted by atomic mass is 32.1. The Kier molecular flexibility index (Phi) is 2.38. The number of thiophene rings is 1. The molecule has 2 aromatic heterocycles. The molecule has 17 heavy (non-hydrogen) atoms. The third-order valence-corrected chi connectivity index (χ3v) is 3.11. The Bertz CT molecular complexity index is 667. The summed E-state index contributed by atoms with van der Waals surface area (Å²) < 4.78 is 6.64. The van der Waals surface area contributed by atoms with Gasteiger partial charge in [0, 0.05) is 10.9 Å². The fraction of sp³-hybridized carbons (Fsp3) is 0. The first-order valence-electron chi connectivity index (χ1n) is 5.07. The van der Waals surface area contributed by atoms with E-state index in [0.717, 1.165) is 11.3 Å². The molecule has 5 heteroatoms. The summed E-state index contributed by atoms with van der Waals surface area (Å²) >= 11 is 1.59. The molecule has 0 amide bonds. The fourth-order valence-corrected chi connectivity index (χ4v) is 2.29. The van der Waals surface area contributed by atoms with Crippen LogP contribution in [-0.4, -0.2) is 9.72 Å². The Morgan fingerprint density at radius 2 is 2.00 bits per heavy atom. The molecule has 0 bridgehead atoms. The van der Waals surface area contributed by atoms with Crippen molar-refractivity contribution in [2.75, 3.05) is 0 Å². The Balaban J connectivity index is 2.24. The fourth-order valence-electron chi connectivity index (χ4n) is 1.65. The van der Waals surface area contributed by atoms with Crippen molar-refractivity contribution in [3.8, 4) is 17.1 Å². The average molecular weight is 243 g/mol. The molecule has 0 atom stereocenters. The maximum Gasteiger partial charge on any atom is 0.325 e. The molecule has 0 aliphatic heterocycles. The lowest BCUT2D eigenvalue weighted by Gasteiger charge is -2.02. The predicted molar refractivity (Wildman–Crippen MR) is 65.0 cm³/mol. The molecular weight excluding hydrogens is 234 g/mol. The van der Waals surface area contributed by atoms with Gasteiger partial charge in [-0.1, -0.05) is 23.4 Å². The molecule has 2 heterocycles. The molecule has 0 saturated carbocycles. The van der Waals surface area contributed by atoms with E-state index in [1.165, 1.54) is 0 Å². The third kappa shape index (κ3) is 1.70. The molecule has 0 fully saturated rings. The van der Waals surface area contributed by atoms with Gasteiger partial charge in [0.15, 0.2) is 5.82 Å². The number of nitrogens with zero attached hydrogens (tertiary/aromatic N) is 2. The van der Waals surface area contributed by atoms with Crippen LogP contribution in [0.1, 0.15) is 0 Å². The molecule has 84 valence electrons. The highest BCUT2D eigenvalue weighted by molar-refractivity contribution is 7.08. The number of hydrogen-bond acceptors (Lipinski definition) is 4. The van der Waals surface area contributed by atoms with E-state index in [2.05, 4.69) is 5.16 Å². The smallest absolute Gasteiger partial charge is 0.315 e. The summed E-state index contributed by atoms with van der Waals surface area (Å²) in [5, 5.41) is 15.7. The monoisotopic (exact) mass is 243 g/mol. The van der Waals surface area contributed by atoms with Crippen molar-refractivity contribution in [2.45, 2.75) is 0 Å². The molecule has 0 aliphatic carbocycles. The summed E-state index contributed by atoms with van der Waals surface area (Å²) in [5.74, 6) is 0.655. The van der Waals surface area contributed by atoms with Gasteiger partial charge in [-0.25, -0.2) is 9.98 Å². The molecule has 0 unspecified atom stereocenters. The SMILES string of the molecule is N=c1onc(-c2ccsc2)n1-c1ccccc1. The largest absolute Gasteiger partial charge is 0.325 e. The minimum atomic E-state index is 0.0254. The van der Waals surface area contributed by atoms with Crippen molar-refractivity contribution >= 4 is 11.3 Å². The first kappa shape index (κ1) is 10.0. The summed E-state index contributed by atoms with van der Waals surface area (Å²) in [5.41, 5.74) is 1.86. The van der Waals surface area contributed by atoms with Crippen LogP contribution in [0.3, 0.4) is 0 Å². The van der Waals surface area contributed by atoms with Gasteiger partial charge in [0.05, 0.1) is 5.69 Å². The second-order valence-electron chi connectivity index (χ2n) is 3.49. The Morgan fingerprint density at radius 3 is 2.71 bits per heavy atom. The van der Waals surface area contributed by atoms with Gasteiger partial charge in [-0.2, -0.15) is 11.3 Å². The van der Waals surface area contributed by atoms with Crippen LogP contribution in [0.25, 0.3) is 17.1 Å². The van der Waals surface area contributed by atoms with Crippen LogP contribution in [0.2, 0.25) is 0 Å². The first-order valence-corrected chi connectivity index (χ1v) is 6.02. The lowest BCUT2D eigenvalue weighted by Crippen LogP contribution is -2.13. The number of benzene rings is 1. The van der Waals surface area contributed by atoms with Crippen LogP contribution in [0.15, 0.2) is 51.7 Å². The molecule has 0 saturated heterocycles. The molecule has 0 radical (unpaired) electrons. The summed E-state index contributed by atoms with van der Waals surface area (Å²) in [6.45, 7) is 0. The van der Waals surface area contributed by atoms with Gasteiger partial charge in [-0.05, 0) is 23.6 Å². The quantitative estimate of drug-likeness (QED) is 0.752. The maximum atomic E-state index is 7.77. The van der Waals surface area contributed by atoms with Crippen LogP contribution in [-0.2, 0) is 0 Å². The van der Waals surface area contributed by atoms with E-state index in [1.807, 2.05) is 47.2 Å². The summed E-state index contributed by atoms with van der Waals surface area (Å²) in [6.07, 6.45) is 0. The summed E-state index contributed by atoms with van der Waals surface area (Å²) in [7, 11) is 0. The highest BCUT2D eigenvalue weighted by Crippen LogP contribution is 2.21. The zero-order valence-electron chi connectivity index (χ0n) is 8.83. The van der Waals surface area contributed by atoms with Gasteiger partial charge in [-0.3, -0.25) is 0 Å². The van der Waals surface area contributed by atoms with Gasteiger partial charge < -0.3 is 4.52 Å². The minimum Gasteiger partial charge on any atom is -0.315 e. The van der Waals surface area contributed by atoms with Crippen LogP contribution < -0.4 is 5.68 Å². The standard InChI is InChI=1S/C12H9N3OS/c13-12-15(10-4-2-1-3-5-10)11(14-16-12)9-6-7-17-8-9/h1-8,13H. The topological polar surface area (TPSA) is 54.8 Å². The molecule has 1 aromatic carbocycles. The number of aromatic nitrogens is 2.